The summed E-state index contributed by atoms with van der Waals surface area (Å²) in [5.41, 5.74) is 3.45. The highest BCUT2D eigenvalue weighted by atomic mass is 16.7. The number of amides is 1. The van der Waals surface area contributed by atoms with Crippen LogP contribution in [0.25, 0.3) is 0 Å². The molecule has 192 valence electrons. The number of aldehydes is 1. The Morgan fingerprint density at radius 1 is 1.08 bits per heavy atom. The van der Waals surface area contributed by atoms with Crippen molar-refractivity contribution in [3.63, 3.8) is 0 Å². The first-order chi connectivity index (χ1) is 17.6. The number of hydrazone groups is 1. The Bertz CT molecular complexity index is 1080. The quantitative estimate of drug-likeness (QED) is 0.332. The first kappa shape index (κ1) is 25.7. The summed E-state index contributed by atoms with van der Waals surface area (Å²) in [5, 5.41) is 8.00. The van der Waals surface area contributed by atoms with E-state index in [0.717, 1.165) is 53.2 Å². The summed E-state index contributed by atoms with van der Waals surface area (Å²) >= 11 is 0. The van der Waals surface area contributed by atoms with Crippen molar-refractivity contribution in [2.75, 3.05) is 19.3 Å². The number of anilines is 1. The van der Waals surface area contributed by atoms with E-state index in [0.29, 0.717) is 30.8 Å². The van der Waals surface area contributed by atoms with Gasteiger partial charge < -0.3 is 14.3 Å². The standard InChI is InChI=1S/C28H35N3O5/c1-4-21-15-24(18-32)30(17-20-8-7-9-23(14-20)31(19-33)35-3)29-28(21)22-12-13-26(34-2)27(16-22)36-25-10-5-6-11-25/h7-9,12-14,16,18-19,21,24-25H,4-6,10-11,15,17H2,1-3H3. The zero-order valence-corrected chi connectivity index (χ0v) is 21.3. The van der Waals surface area contributed by atoms with Crippen LogP contribution in [0.4, 0.5) is 5.69 Å². The Kier molecular flexibility index (Phi) is 8.59. The number of methoxy groups -OCH3 is 1. The van der Waals surface area contributed by atoms with Crippen LogP contribution in [0.15, 0.2) is 47.6 Å². The number of ether oxygens (including phenoxy) is 2. The second kappa shape index (κ2) is 12.0. The van der Waals surface area contributed by atoms with Gasteiger partial charge in [0.25, 0.3) is 0 Å². The summed E-state index contributed by atoms with van der Waals surface area (Å²) in [5.74, 6) is 1.60. The average molecular weight is 494 g/mol. The first-order valence-electron chi connectivity index (χ1n) is 12.6. The summed E-state index contributed by atoms with van der Waals surface area (Å²) in [6.07, 6.45) is 7.86. The van der Waals surface area contributed by atoms with Crippen LogP contribution in [0.1, 0.15) is 56.6 Å². The molecule has 4 rings (SSSR count). The van der Waals surface area contributed by atoms with Gasteiger partial charge in [-0.3, -0.25) is 14.6 Å². The number of rotatable bonds is 11. The van der Waals surface area contributed by atoms with Gasteiger partial charge in [-0.15, -0.1) is 0 Å². The fourth-order valence-electron chi connectivity index (χ4n) is 5.05. The molecule has 0 N–H and O–H groups in total. The second-order valence-electron chi connectivity index (χ2n) is 9.30. The number of carbonyl (C=O) groups is 2. The van der Waals surface area contributed by atoms with E-state index < -0.39 is 0 Å². The van der Waals surface area contributed by atoms with Gasteiger partial charge in [0.2, 0.25) is 6.41 Å². The molecule has 8 heteroatoms. The second-order valence-corrected chi connectivity index (χ2v) is 9.30. The van der Waals surface area contributed by atoms with Gasteiger partial charge in [0, 0.05) is 11.5 Å². The molecule has 2 atom stereocenters. The van der Waals surface area contributed by atoms with E-state index in [1.54, 1.807) is 13.2 Å². The molecule has 0 saturated heterocycles. The molecule has 1 aliphatic heterocycles. The maximum Gasteiger partial charge on any atom is 0.238 e. The molecule has 36 heavy (non-hydrogen) atoms. The number of benzene rings is 2. The van der Waals surface area contributed by atoms with Crippen molar-refractivity contribution < 1.29 is 23.9 Å². The molecule has 1 aliphatic carbocycles. The van der Waals surface area contributed by atoms with E-state index in [4.69, 9.17) is 19.4 Å². The van der Waals surface area contributed by atoms with Crippen LogP contribution in [-0.4, -0.2) is 49.8 Å². The van der Waals surface area contributed by atoms with Crippen molar-refractivity contribution >= 4 is 24.1 Å². The van der Waals surface area contributed by atoms with Crippen LogP contribution in [0.3, 0.4) is 0 Å². The monoisotopic (exact) mass is 493 g/mol. The minimum Gasteiger partial charge on any atom is -0.493 e. The van der Waals surface area contributed by atoms with E-state index in [1.807, 2.05) is 41.4 Å². The third-order valence-electron chi connectivity index (χ3n) is 7.04. The SMILES string of the molecule is CCC1CC(C=O)N(Cc2cccc(N(C=O)OC)c2)N=C1c1ccc(OC)c(OC2CCCC2)c1. The van der Waals surface area contributed by atoms with Gasteiger partial charge in [0.1, 0.15) is 12.3 Å². The third kappa shape index (κ3) is 5.70. The highest BCUT2D eigenvalue weighted by Gasteiger charge is 2.31. The molecule has 1 saturated carbocycles. The smallest absolute Gasteiger partial charge is 0.238 e. The number of hydroxylamine groups is 1. The first-order valence-corrected chi connectivity index (χ1v) is 12.6. The zero-order chi connectivity index (χ0) is 25.5. The summed E-state index contributed by atoms with van der Waals surface area (Å²) < 4.78 is 11.9. The molecule has 0 spiro atoms. The summed E-state index contributed by atoms with van der Waals surface area (Å²) in [6, 6.07) is 13.1. The van der Waals surface area contributed by atoms with Crippen LogP contribution in [0.2, 0.25) is 0 Å². The molecular formula is C28H35N3O5. The van der Waals surface area contributed by atoms with Gasteiger partial charge in [-0.25, -0.2) is 0 Å². The molecule has 1 fully saturated rings. The van der Waals surface area contributed by atoms with Gasteiger partial charge in [-0.1, -0.05) is 19.1 Å². The van der Waals surface area contributed by atoms with E-state index in [9.17, 15) is 9.59 Å². The van der Waals surface area contributed by atoms with Crippen molar-refractivity contribution in [1.82, 2.24) is 5.01 Å². The zero-order valence-electron chi connectivity index (χ0n) is 21.3. The number of carbonyl (C=O) groups excluding carboxylic acids is 2. The Morgan fingerprint density at radius 2 is 1.89 bits per heavy atom. The predicted molar refractivity (Wildman–Crippen MR) is 138 cm³/mol. The predicted octanol–water partition coefficient (Wildman–Crippen LogP) is 4.74. The highest BCUT2D eigenvalue weighted by molar-refractivity contribution is 6.03. The normalized spacial score (nSPS) is 20.1. The molecule has 0 radical (unpaired) electrons. The average Bonchev–Trinajstić information content (AvgIpc) is 3.42. The highest BCUT2D eigenvalue weighted by Crippen LogP contribution is 2.35. The molecule has 1 amide bonds. The topological polar surface area (TPSA) is 80.7 Å². The third-order valence-corrected chi connectivity index (χ3v) is 7.04. The maximum atomic E-state index is 12.0. The molecule has 1 heterocycles. The van der Waals surface area contributed by atoms with Crippen molar-refractivity contribution in [3.8, 4) is 11.5 Å². The van der Waals surface area contributed by atoms with Crippen molar-refractivity contribution in [2.45, 2.75) is 64.1 Å². The van der Waals surface area contributed by atoms with Gasteiger partial charge in [-0.2, -0.15) is 10.2 Å². The van der Waals surface area contributed by atoms with Crippen LogP contribution < -0.4 is 14.5 Å². The fourth-order valence-corrected chi connectivity index (χ4v) is 5.05. The molecule has 2 aromatic rings. The van der Waals surface area contributed by atoms with E-state index in [2.05, 4.69) is 6.92 Å². The molecule has 2 aromatic carbocycles. The largest absolute Gasteiger partial charge is 0.493 e. The van der Waals surface area contributed by atoms with Crippen LogP contribution in [-0.2, 0) is 21.0 Å². The molecule has 8 nitrogen and oxygen atoms in total. The van der Waals surface area contributed by atoms with Crippen molar-refractivity contribution in [1.29, 1.82) is 0 Å². The van der Waals surface area contributed by atoms with Gasteiger partial charge >= 0.3 is 0 Å². The van der Waals surface area contributed by atoms with Crippen molar-refractivity contribution in [3.05, 3.63) is 53.6 Å². The Hall–Kier alpha value is -3.39. The van der Waals surface area contributed by atoms with Crippen LogP contribution >= 0.6 is 0 Å². The summed E-state index contributed by atoms with van der Waals surface area (Å²) in [4.78, 5) is 28.4. The van der Waals surface area contributed by atoms with E-state index in [1.165, 1.54) is 20.0 Å². The Morgan fingerprint density at radius 3 is 2.56 bits per heavy atom. The minimum atomic E-state index is -0.334. The summed E-state index contributed by atoms with van der Waals surface area (Å²) in [6.45, 7) is 2.55. The lowest BCUT2D eigenvalue weighted by Crippen LogP contribution is -2.41. The minimum absolute atomic E-state index is 0.148. The lowest BCUT2D eigenvalue weighted by molar-refractivity contribution is -0.113. The lowest BCUT2D eigenvalue weighted by atomic mass is 9.87. The number of nitrogens with zero attached hydrogens (tertiary/aromatic N) is 3. The molecule has 2 unspecified atom stereocenters. The van der Waals surface area contributed by atoms with Crippen LogP contribution in [0, 0.1) is 5.92 Å². The maximum absolute atomic E-state index is 12.0. The number of hydrogen-bond donors (Lipinski definition) is 0. The molecule has 0 bridgehead atoms. The van der Waals surface area contributed by atoms with Gasteiger partial charge in [0.05, 0.1) is 38.3 Å². The molecule has 0 aromatic heterocycles. The molecule has 2 aliphatic rings. The number of hydrogen-bond acceptors (Lipinski definition) is 7. The Balaban J connectivity index is 1.65. The molecular weight excluding hydrogens is 458 g/mol. The van der Waals surface area contributed by atoms with Crippen molar-refractivity contribution in [2.24, 2.45) is 11.0 Å². The lowest BCUT2D eigenvalue weighted by Gasteiger charge is -2.35. The fraction of sp³-hybridized carbons (Fsp3) is 0.464. The van der Waals surface area contributed by atoms with Gasteiger partial charge in [-0.05, 0) is 74.4 Å². The van der Waals surface area contributed by atoms with E-state index >= 15 is 0 Å². The van der Waals surface area contributed by atoms with Crippen LogP contribution in [0.5, 0.6) is 11.5 Å². The Labute approximate surface area is 212 Å². The van der Waals surface area contributed by atoms with E-state index in [-0.39, 0.29) is 18.1 Å². The van der Waals surface area contributed by atoms with Gasteiger partial charge in [0.15, 0.2) is 11.5 Å². The summed E-state index contributed by atoms with van der Waals surface area (Å²) in [7, 11) is 3.10.